The number of carbonyl (C=O) groups is 2. The number of nitrogens with one attached hydrogen (secondary N) is 1. The Bertz CT molecular complexity index is 572. The summed E-state index contributed by atoms with van der Waals surface area (Å²) in [6.45, 7) is 0.929. The maximum atomic E-state index is 12.4. The SMILES string of the molecule is O=C(O)[C@@H]1C[C@@H](O)CN1C(=O)c1ccc2c(c1)CCN2. The van der Waals surface area contributed by atoms with Crippen molar-refractivity contribution in [2.45, 2.75) is 25.0 Å². The van der Waals surface area contributed by atoms with E-state index < -0.39 is 18.1 Å². The van der Waals surface area contributed by atoms with Crippen LogP contribution >= 0.6 is 0 Å². The maximum absolute atomic E-state index is 12.4. The van der Waals surface area contributed by atoms with Crippen molar-refractivity contribution in [3.05, 3.63) is 29.3 Å². The Labute approximate surface area is 116 Å². The summed E-state index contributed by atoms with van der Waals surface area (Å²) in [5, 5.41) is 22.0. The average molecular weight is 276 g/mol. The number of hydrogen-bond acceptors (Lipinski definition) is 4. The number of nitrogens with zero attached hydrogens (tertiary/aromatic N) is 1. The van der Waals surface area contributed by atoms with Crippen LogP contribution < -0.4 is 5.32 Å². The molecule has 0 radical (unpaired) electrons. The van der Waals surface area contributed by atoms with E-state index in [0.717, 1.165) is 24.2 Å². The molecule has 0 aromatic heterocycles. The highest BCUT2D eigenvalue weighted by Crippen LogP contribution is 2.26. The van der Waals surface area contributed by atoms with Crippen LogP contribution in [0.5, 0.6) is 0 Å². The fourth-order valence-electron chi connectivity index (χ4n) is 2.88. The van der Waals surface area contributed by atoms with E-state index in [0.29, 0.717) is 5.56 Å². The number of β-amino-alcohol motifs (C(OH)–C–C–N with tert-alkyl or cyclic N) is 1. The molecular formula is C14H16N2O4. The molecule has 3 rings (SSSR count). The number of carboxylic acids is 1. The molecule has 1 saturated heterocycles. The predicted molar refractivity (Wildman–Crippen MR) is 71.7 cm³/mol. The van der Waals surface area contributed by atoms with Gasteiger partial charge in [-0.25, -0.2) is 4.79 Å². The highest BCUT2D eigenvalue weighted by Gasteiger charge is 2.39. The van der Waals surface area contributed by atoms with Crippen molar-refractivity contribution >= 4 is 17.6 Å². The molecule has 1 fully saturated rings. The van der Waals surface area contributed by atoms with Gasteiger partial charge in [0.2, 0.25) is 0 Å². The monoisotopic (exact) mass is 276 g/mol. The van der Waals surface area contributed by atoms with E-state index in [1.54, 1.807) is 12.1 Å². The lowest BCUT2D eigenvalue weighted by Gasteiger charge is -2.21. The molecule has 1 aromatic rings. The van der Waals surface area contributed by atoms with Crippen LogP contribution in [0.4, 0.5) is 5.69 Å². The number of benzene rings is 1. The minimum absolute atomic E-state index is 0.0745. The summed E-state index contributed by atoms with van der Waals surface area (Å²) in [6, 6.07) is 4.41. The van der Waals surface area contributed by atoms with Crippen LogP contribution in [0, 0.1) is 0 Å². The number of rotatable bonds is 2. The Balaban J connectivity index is 1.86. The third-order valence-corrected chi connectivity index (χ3v) is 3.89. The molecule has 6 nitrogen and oxygen atoms in total. The molecule has 0 saturated carbocycles. The Morgan fingerprint density at radius 3 is 2.90 bits per heavy atom. The zero-order chi connectivity index (χ0) is 14.3. The van der Waals surface area contributed by atoms with Gasteiger partial charge in [-0.2, -0.15) is 0 Å². The minimum atomic E-state index is -1.07. The number of fused-ring (bicyclic) bond motifs is 1. The number of hydrogen-bond donors (Lipinski definition) is 3. The zero-order valence-electron chi connectivity index (χ0n) is 10.9. The van der Waals surface area contributed by atoms with Crippen LogP contribution in [-0.2, 0) is 11.2 Å². The molecule has 1 amide bonds. The third kappa shape index (κ3) is 2.12. The predicted octanol–water partition coefficient (Wildman–Crippen LogP) is 0.315. The zero-order valence-corrected chi connectivity index (χ0v) is 10.9. The van der Waals surface area contributed by atoms with Gasteiger partial charge in [-0.05, 0) is 30.2 Å². The molecule has 6 heteroatoms. The molecule has 20 heavy (non-hydrogen) atoms. The summed E-state index contributed by atoms with van der Waals surface area (Å²) in [5.74, 6) is -1.40. The van der Waals surface area contributed by atoms with E-state index >= 15 is 0 Å². The van der Waals surface area contributed by atoms with Gasteiger partial charge in [0.05, 0.1) is 6.10 Å². The second-order valence-electron chi connectivity index (χ2n) is 5.25. The van der Waals surface area contributed by atoms with E-state index in [2.05, 4.69) is 5.32 Å². The second kappa shape index (κ2) is 4.79. The van der Waals surface area contributed by atoms with E-state index in [-0.39, 0.29) is 18.9 Å². The van der Waals surface area contributed by atoms with Crippen molar-refractivity contribution in [1.82, 2.24) is 4.90 Å². The summed E-state index contributed by atoms with van der Waals surface area (Å²) in [5.41, 5.74) is 2.58. The largest absolute Gasteiger partial charge is 0.480 e. The second-order valence-corrected chi connectivity index (χ2v) is 5.25. The van der Waals surface area contributed by atoms with Crippen LogP contribution in [0.15, 0.2) is 18.2 Å². The lowest BCUT2D eigenvalue weighted by atomic mass is 10.1. The fraction of sp³-hybridized carbons (Fsp3) is 0.429. The number of aliphatic hydroxyl groups excluding tert-OH is 1. The lowest BCUT2D eigenvalue weighted by molar-refractivity contribution is -0.141. The van der Waals surface area contributed by atoms with E-state index in [4.69, 9.17) is 5.11 Å². The smallest absolute Gasteiger partial charge is 0.326 e. The molecule has 106 valence electrons. The van der Waals surface area contributed by atoms with Crippen LogP contribution in [0.3, 0.4) is 0 Å². The first-order chi connectivity index (χ1) is 9.56. The van der Waals surface area contributed by atoms with Gasteiger partial charge >= 0.3 is 5.97 Å². The van der Waals surface area contributed by atoms with Crippen LogP contribution in [0.1, 0.15) is 22.3 Å². The average Bonchev–Trinajstić information content (AvgIpc) is 3.02. The minimum Gasteiger partial charge on any atom is -0.480 e. The Morgan fingerprint density at radius 1 is 1.35 bits per heavy atom. The van der Waals surface area contributed by atoms with Gasteiger partial charge in [-0.15, -0.1) is 0 Å². The number of aliphatic hydroxyl groups is 1. The van der Waals surface area contributed by atoms with Crippen molar-refractivity contribution in [3.63, 3.8) is 0 Å². The molecule has 0 bridgehead atoms. The number of carboxylic acid groups (broad SMARTS) is 1. The number of likely N-dealkylation sites (tertiary alicyclic amines) is 1. The number of anilines is 1. The highest BCUT2D eigenvalue weighted by molar-refractivity contribution is 5.97. The summed E-state index contributed by atoms with van der Waals surface area (Å²) in [4.78, 5) is 24.9. The van der Waals surface area contributed by atoms with Crippen molar-refractivity contribution in [1.29, 1.82) is 0 Å². The Hall–Kier alpha value is -2.08. The molecule has 3 N–H and O–H groups in total. The van der Waals surface area contributed by atoms with E-state index in [1.165, 1.54) is 4.90 Å². The molecule has 0 unspecified atom stereocenters. The van der Waals surface area contributed by atoms with Gasteiger partial charge < -0.3 is 20.4 Å². The van der Waals surface area contributed by atoms with Gasteiger partial charge in [0, 0.05) is 30.8 Å². The maximum Gasteiger partial charge on any atom is 0.326 e. The standard InChI is InChI=1S/C14H16N2O4/c17-10-6-12(14(19)20)16(7-10)13(18)9-1-2-11-8(5-9)3-4-15-11/h1-2,5,10,12,15,17H,3-4,6-7H2,(H,19,20)/t10-,12+/m1/s1. The first-order valence-electron chi connectivity index (χ1n) is 6.65. The van der Waals surface area contributed by atoms with Crippen molar-refractivity contribution in [2.75, 3.05) is 18.4 Å². The summed E-state index contributed by atoms with van der Waals surface area (Å²) < 4.78 is 0. The Morgan fingerprint density at radius 2 is 2.15 bits per heavy atom. The molecule has 2 aliphatic rings. The van der Waals surface area contributed by atoms with Gasteiger partial charge in [-0.1, -0.05) is 0 Å². The van der Waals surface area contributed by atoms with E-state index in [9.17, 15) is 14.7 Å². The lowest BCUT2D eigenvalue weighted by Crippen LogP contribution is -2.40. The summed E-state index contributed by atoms with van der Waals surface area (Å²) in [6.07, 6.45) is 0.186. The molecule has 1 aromatic carbocycles. The fourth-order valence-corrected chi connectivity index (χ4v) is 2.88. The summed E-state index contributed by atoms with van der Waals surface area (Å²) >= 11 is 0. The van der Waals surface area contributed by atoms with Gasteiger partial charge in [0.1, 0.15) is 6.04 Å². The molecule has 0 spiro atoms. The quantitative estimate of drug-likeness (QED) is 0.723. The first-order valence-corrected chi connectivity index (χ1v) is 6.65. The highest BCUT2D eigenvalue weighted by atomic mass is 16.4. The third-order valence-electron chi connectivity index (χ3n) is 3.89. The van der Waals surface area contributed by atoms with Crippen LogP contribution in [0.2, 0.25) is 0 Å². The number of carbonyl (C=O) groups excluding carboxylic acids is 1. The molecule has 2 aliphatic heterocycles. The van der Waals surface area contributed by atoms with Crippen molar-refractivity contribution < 1.29 is 19.8 Å². The van der Waals surface area contributed by atoms with Gasteiger partial charge in [-0.3, -0.25) is 4.79 Å². The van der Waals surface area contributed by atoms with E-state index in [1.807, 2.05) is 6.07 Å². The van der Waals surface area contributed by atoms with Crippen molar-refractivity contribution in [2.24, 2.45) is 0 Å². The van der Waals surface area contributed by atoms with Crippen LogP contribution in [0.25, 0.3) is 0 Å². The number of amides is 1. The summed E-state index contributed by atoms with van der Waals surface area (Å²) in [7, 11) is 0. The molecule has 0 aliphatic carbocycles. The van der Waals surface area contributed by atoms with Crippen LogP contribution in [-0.4, -0.2) is 52.2 Å². The Kier molecular flexibility index (Phi) is 3.10. The molecule has 2 atom stereocenters. The van der Waals surface area contributed by atoms with Gasteiger partial charge in [0.25, 0.3) is 5.91 Å². The van der Waals surface area contributed by atoms with Gasteiger partial charge in [0.15, 0.2) is 0 Å². The molecular weight excluding hydrogens is 260 g/mol. The topological polar surface area (TPSA) is 89.9 Å². The molecule has 2 heterocycles. The van der Waals surface area contributed by atoms with Crippen molar-refractivity contribution in [3.8, 4) is 0 Å². The number of aliphatic carboxylic acids is 1. The normalized spacial score (nSPS) is 24.4. The first kappa shape index (κ1) is 12.9.